The minimum absolute atomic E-state index is 0.844. The molecule has 1 N–H and O–H groups in total. The van der Waals surface area contributed by atoms with Gasteiger partial charge in [-0.2, -0.15) is 0 Å². The summed E-state index contributed by atoms with van der Waals surface area (Å²) in [6, 6.07) is 4.83. The summed E-state index contributed by atoms with van der Waals surface area (Å²) in [5.74, 6) is 1.03. The lowest BCUT2D eigenvalue weighted by molar-refractivity contribution is 0.0929. The van der Waals surface area contributed by atoms with Crippen LogP contribution >= 0.6 is 0 Å². The van der Waals surface area contributed by atoms with Crippen LogP contribution in [0.1, 0.15) is 37.9 Å². The van der Waals surface area contributed by atoms with Crippen molar-refractivity contribution in [2.75, 3.05) is 39.3 Å². The standard InChI is InChI=1S/C17H29N3O/c1-2-9-20(10-3-1)16-6-11-19(12-7-16)13-8-18-15-17-5-4-14-21-17/h4-5,14,16,18H,1-3,6-13,15H2. The Morgan fingerprint density at radius 3 is 2.62 bits per heavy atom. The van der Waals surface area contributed by atoms with Crippen molar-refractivity contribution in [3.63, 3.8) is 0 Å². The minimum atomic E-state index is 0.844. The van der Waals surface area contributed by atoms with E-state index in [0.29, 0.717) is 0 Å². The predicted octanol–water partition coefficient (Wildman–Crippen LogP) is 2.32. The van der Waals surface area contributed by atoms with E-state index < -0.39 is 0 Å². The Kier molecular flexibility index (Phi) is 5.72. The van der Waals surface area contributed by atoms with E-state index >= 15 is 0 Å². The summed E-state index contributed by atoms with van der Waals surface area (Å²) < 4.78 is 5.33. The second kappa shape index (κ2) is 7.97. The van der Waals surface area contributed by atoms with Gasteiger partial charge in [-0.3, -0.25) is 0 Å². The molecule has 2 aliphatic heterocycles. The van der Waals surface area contributed by atoms with Gasteiger partial charge in [0.05, 0.1) is 12.8 Å². The number of rotatable bonds is 6. The van der Waals surface area contributed by atoms with Gasteiger partial charge in [-0.05, 0) is 64.0 Å². The highest BCUT2D eigenvalue weighted by Crippen LogP contribution is 2.20. The number of piperidine rings is 2. The first-order chi connectivity index (χ1) is 10.4. The summed E-state index contributed by atoms with van der Waals surface area (Å²) in [5, 5.41) is 3.46. The fourth-order valence-electron chi connectivity index (χ4n) is 3.65. The second-order valence-electron chi connectivity index (χ2n) is 6.43. The number of furan rings is 1. The molecule has 1 aromatic rings. The maximum Gasteiger partial charge on any atom is 0.117 e. The summed E-state index contributed by atoms with van der Waals surface area (Å²) in [7, 11) is 0. The molecule has 2 saturated heterocycles. The Hall–Kier alpha value is -0.840. The Labute approximate surface area is 128 Å². The summed E-state index contributed by atoms with van der Waals surface area (Å²) >= 11 is 0. The molecule has 0 unspecified atom stereocenters. The van der Waals surface area contributed by atoms with E-state index in [4.69, 9.17) is 4.42 Å². The van der Waals surface area contributed by atoms with Crippen LogP contribution in [-0.2, 0) is 6.54 Å². The Morgan fingerprint density at radius 2 is 1.90 bits per heavy atom. The molecule has 3 heterocycles. The van der Waals surface area contributed by atoms with Crippen LogP contribution in [0.15, 0.2) is 22.8 Å². The highest BCUT2D eigenvalue weighted by molar-refractivity contribution is 4.97. The summed E-state index contributed by atoms with van der Waals surface area (Å²) in [4.78, 5) is 5.35. The molecule has 0 saturated carbocycles. The highest BCUT2D eigenvalue weighted by atomic mass is 16.3. The maximum atomic E-state index is 5.33. The summed E-state index contributed by atoms with van der Waals surface area (Å²) in [6.07, 6.45) is 8.73. The fourth-order valence-corrected chi connectivity index (χ4v) is 3.65. The molecule has 0 aromatic carbocycles. The molecule has 1 aromatic heterocycles. The van der Waals surface area contributed by atoms with Gasteiger partial charge in [-0.15, -0.1) is 0 Å². The molecule has 0 aliphatic carbocycles. The number of nitrogens with zero attached hydrogens (tertiary/aromatic N) is 2. The van der Waals surface area contributed by atoms with E-state index in [-0.39, 0.29) is 0 Å². The predicted molar refractivity (Wildman–Crippen MR) is 85.3 cm³/mol. The molecule has 4 heteroatoms. The van der Waals surface area contributed by atoms with E-state index in [1.807, 2.05) is 12.1 Å². The number of hydrogen-bond acceptors (Lipinski definition) is 4. The largest absolute Gasteiger partial charge is 0.468 e. The number of nitrogens with one attached hydrogen (secondary N) is 1. The smallest absolute Gasteiger partial charge is 0.117 e. The van der Waals surface area contributed by atoms with Crippen molar-refractivity contribution in [3.05, 3.63) is 24.2 Å². The minimum Gasteiger partial charge on any atom is -0.468 e. The molecule has 21 heavy (non-hydrogen) atoms. The number of likely N-dealkylation sites (tertiary alicyclic amines) is 2. The van der Waals surface area contributed by atoms with Crippen LogP contribution in [0.4, 0.5) is 0 Å². The Bertz CT molecular complexity index is 379. The van der Waals surface area contributed by atoms with E-state index in [9.17, 15) is 0 Å². The van der Waals surface area contributed by atoms with Crippen LogP contribution in [-0.4, -0.2) is 55.1 Å². The van der Waals surface area contributed by atoms with Crippen LogP contribution in [0, 0.1) is 0 Å². The number of hydrogen-bond donors (Lipinski definition) is 1. The first-order valence-corrected chi connectivity index (χ1v) is 8.61. The van der Waals surface area contributed by atoms with Crippen molar-refractivity contribution in [2.45, 2.75) is 44.7 Å². The normalized spacial score (nSPS) is 22.7. The Balaban J connectivity index is 1.28. The third kappa shape index (κ3) is 4.56. The molecule has 0 radical (unpaired) electrons. The van der Waals surface area contributed by atoms with Crippen LogP contribution < -0.4 is 5.32 Å². The quantitative estimate of drug-likeness (QED) is 0.815. The molecule has 0 bridgehead atoms. The van der Waals surface area contributed by atoms with Gasteiger partial charge < -0.3 is 19.5 Å². The highest BCUT2D eigenvalue weighted by Gasteiger charge is 2.25. The third-order valence-electron chi connectivity index (χ3n) is 4.95. The van der Waals surface area contributed by atoms with Gasteiger partial charge >= 0.3 is 0 Å². The molecule has 0 atom stereocenters. The molecule has 3 rings (SSSR count). The van der Waals surface area contributed by atoms with Gasteiger partial charge in [0.1, 0.15) is 5.76 Å². The van der Waals surface area contributed by atoms with Gasteiger partial charge in [0.15, 0.2) is 0 Å². The van der Waals surface area contributed by atoms with Gasteiger partial charge in [0, 0.05) is 19.1 Å². The van der Waals surface area contributed by atoms with Crippen LogP contribution in [0.2, 0.25) is 0 Å². The molecule has 0 spiro atoms. The first-order valence-electron chi connectivity index (χ1n) is 8.61. The molecule has 2 fully saturated rings. The van der Waals surface area contributed by atoms with E-state index in [0.717, 1.165) is 31.4 Å². The topological polar surface area (TPSA) is 31.7 Å². The van der Waals surface area contributed by atoms with Crippen molar-refractivity contribution in [1.29, 1.82) is 0 Å². The second-order valence-corrected chi connectivity index (χ2v) is 6.43. The average Bonchev–Trinajstić information content (AvgIpc) is 3.06. The maximum absolute atomic E-state index is 5.33. The fraction of sp³-hybridized carbons (Fsp3) is 0.765. The lowest BCUT2D eigenvalue weighted by Crippen LogP contribution is -2.47. The molecular weight excluding hydrogens is 262 g/mol. The molecule has 4 nitrogen and oxygen atoms in total. The molecule has 118 valence electrons. The monoisotopic (exact) mass is 291 g/mol. The van der Waals surface area contributed by atoms with Crippen molar-refractivity contribution in [3.8, 4) is 0 Å². The molecule has 2 aliphatic rings. The Morgan fingerprint density at radius 1 is 1.10 bits per heavy atom. The lowest BCUT2D eigenvalue weighted by Gasteiger charge is -2.40. The first kappa shape index (κ1) is 15.1. The van der Waals surface area contributed by atoms with E-state index in [1.54, 1.807) is 6.26 Å². The van der Waals surface area contributed by atoms with Crippen molar-refractivity contribution in [2.24, 2.45) is 0 Å². The van der Waals surface area contributed by atoms with Gasteiger partial charge in [0.25, 0.3) is 0 Å². The molecular formula is C17H29N3O. The van der Waals surface area contributed by atoms with E-state index in [1.165, 1.54) is 58.3 Å². The van der Waals surface area contributed by atoms with Crippen molar-refractivity contribution >= 4 is 0 Å². The average molecular weight is 291 g/mol. The van der Waals surface area contributed by atoms with Crippen LogP contribution in [0.5, 0.6) is 0 Å². The van der Waals surface area contributed by atoms with Gasteiger partial charge in [0.2, 0.25) is 0 Å². The van der Waals surface area contributed by atoms with Gasteiger partial charge in [-0.1, -0.05) is 6.42 Å². The SMILES string of the molecule is c1coc(CNCCN2CCC(N3CCCCC3)CC2)c1. The molecule has 0 amide bonds. The van der Waals surface area contributed by atoms with Crippen molar-refractivity contribution in [1.82, 2.24) is 15.1 Å². The zero-order valence-corrected chi connectivity index (χ0v) is 13.1. The van der Waals surface area contributed by atoms with Gasteiger partial charge in [-0.25, -0.2) is 0 Å². The third-order valence-corrected chi connectivity index (χ3v) is 4.95. The summed E-state index contributed by atoms with van der Waals surface area (Å²) in [6.45, 7) is 8.28. The summed E-state index contributed by atoms with van der Waals surface area (Å²) in [5.41, 5.74) is 0. The van der Waals surface area contributed by atoms with Crippen LogP contribution in [0.25, 0.3) is 0 Å². The van der Waals surface area contributed by atoms with E-state index in [2.05, 4.69) is 15.1 Å². The zero-order chi connectivity index (χ0) is 14.3. The lowest BCUT2D eigenvalue weighted by atomic mass is 10.00. The zero-order valence-electron chi connectivity index (χ0n) is 13.1. The van der Waals surface area contributed by atoms with Crippen molar-refractivity contribution < 1.29 is 4.42 Å². The van der Waals surface area contributed by atoms with Crippen LogP contribution in [0.3, 0.4) is 0 Å².